The SMILES string of the molecule is CC(=O)Nc1ccc(-c2[nH]c(=O)sc2CN2CCN(C)CC2)cc1. The molecule has 0 unspecified atom stereocenters. The Balaban J connectivity index is 1.78. The van der Waals surface area contributed by atoms with Crippen LogP contribution >= 0.6 is 11.3 Å². The molecule has 1 fully saturated rings. The average Bonchev–Trinajstić information content (AvgIpc) is 2.90. The van der Waals surface area contributed by atoms with Crippen molar-refractivity contribution >= 4 is 22.9 Å². The van der Waals surface area contributed by atoms with Crippen molar-refractivity contribution in [3.05, 3.63) is 38.8 Å². The van der Waals surface area contributed by atoms with E-state index in [9.17, 15) is 9.59 Å². The number of anilines is 1. The van der Waals surface area contributed by atoms with E-state index in [4.69, 9.17) is 0 Å². The lowest BCUT2D eigenvalue weighted by molar-refractivity contribution is -0.114. The van der Waals surface area contributed by atoms with Crippen molar-refractivity contribution < 1.29 is 4.79 Å². The summed E-state index contributed by atoms with van der Waals surface area (Å²) in [6.45, 7) is 6.42. The molecule has 1 aromatic carbocycles. The van der Waals surface area contributed by atoms with Crippen molar-refractivity contribution in [2.45, 2.75) is 13.5 Å². The summed E-state index contributed by atoms with van der Waals surface area (Å²) < 4.78 is 0. The third kappa shape index (κ3) is 4.11. The molecule has 3 rings (SSSR count). The Morgan fingerprint density at radius 1 is 1.21 bits per heavy atom. The number of nitrogens with one attached hydrogen (secondary N) is 2. The standard InChI is InChI=1S/C17H22N4O2S/c1-12(22)18-14-5-3-13(4-6-14)16-15(24-17(23)19-16)11-21-9-7-20(2)8-10-21/h3-6H,7-11H2,1-2H3,(H,18,22)(H,19,23). The van der Waals surface area contributed by atoms with Gasteiger partial charge in [0.05, 0.1) is 5.69 Å². The first-order valence-corrected chi connectivity index (χ1v) is 8.84. The van der Waals surface area contributed by atoms with Crippen LogP contribution in [0.1, 0.15) is 11.8 Å². The van der Waals surface area contributed by atoms with Gasteiger partial charge in [-0.2, -0.15) is 0 Å². The molecule has 2 aromatic rings. The highest BCUT2D eigenvalue weighted by Crippen LogP contribution is 2.26. The van der Waals surface area contributed by atoms with E-state index in [1.807, 2.05) is 24.3 Å². The van der Waals surface area contributed by atoms with Crippen molar-refractivity contribution in [2.75, 3.05) is 38.5 Å². The summed E-state index contributed by atoms with van der Waals surface area (Å²) in [5.74, 6) is -0.0950. The second-order valence-electron chi connectivity index (χ2n) is 6.15. The van der Waals surface area contributed by atoms with E-state index in [2.05, 4.69) is 27.1 Å². The average molecular weight is 346 g/mol. The maximum Gasteiger partial charge on any atom is 0.305 e. The van der Waals surface area contributed by atoms with Crippen LogP contribution in [0.5, 0.6) is 0 Å². The molecule has 6 nitrogen and oxygen atoms in total. The highest BCUT2D eigenvalue weighted by atomic mass is 32.1. The van der Waals surface area contributed by atoms with Crippen LogP contribution in [0.3, 0.4) is 0 Å². The number of aromatic nitrogens is 1. The number of amides is 1. The maximum absolute atomic E-state index is 11.9. The van der Waals surface area contributed by atoms with Crippen molar-refractivity contribution in [1.29, 1.82) is 0 Å². The van der Waals surface area contributed by atoms with Gasteiger partial charge in [-0.1, -0.05) is 23.5 Å². The Bertz CT molecular complexity index is 758. The van der Waals surface area contributed by atoms with Crippen molar-refractivity contribution in [2.24, 2.45) is 0 Å². The van der Waals surface area contributed by atoms with Gasteiger partial charge in [-0.25, -0.2) is 0 Å². The predicted molar refractivity (Wildman–Crippen MR) is 97.5 cm³/mol. The topological polar surface area (TPSA) is 68.4 Å². The van der Waals surface area contributed by atoms with Gasteiger partial charge in [-0.3, -0.25) is 14.5 Å². The second-order valence-corrected chi connectivity index (χ2v) is 7.22. The summed E-state index contributed by atoms with van der Waals surface area (Å²) in [4.78, 5) is 31.7. The normalized spacial score (nSPS) is 16.2. The lowest BCUT2D eigenvalue weighted by Crippen LogP contribution is -2.43. The molecule has 24 heavy (non-hydrogen) atoms. The van der Waals surface area contributed by atoms with Crippen LogP contribution < -0.4 is 10.2 Å². The molecule has 0 saturated carbocycles. The van der Waals surface area contributed by atoms with E-state index in [0.29, 0.717) is 0 Å². The number of piperazine rings is 1. The Hall–Kier alpha value is -1.96. The van der Waals surface area contributed by atoms with Crippen molar-refractivity contribution in [1.82, 2.24) is 14.8 Å². The van der Waals surface area contributed by atoms with Crippen LogP contribution in [-0.2, 0) is 11.3 Å². The Labute approximate surface area is 145 Å². The molecule has 0 spiro atoms. The molecule has 1 aromatic heterocycles. The fourth-order valence-electron chi connectivity index (χ4n) is 2.84. The lowest BCUT2D eigenvalue weighted by atomic mass is 10.1. The Morgan fingerprint density at radius 2 is 1.88 bits per heavy atom. The number of H-pyrrole nitrogens is 1. The van der Waals surface area contributed by atoms with Crippen molar-refractivity contribution in [3.63, 3.8) is 0 Å². The molecule has 1 aliphatic heterocycles. The smallest absolute Gasteiger partial charge is 0.305 e. The molecule has 1 amide bonds. The van der Waals surface area contributed by atoms with Gasteiger partial charge >= 0.3 is 4.87 Å². The highest BCUT2D eigenvalue weighted by molar-refractivity contribution is 7.09. The maximum atomic E-state index is 11.9. The molecular formula is C17H22N4O2S. The highest BCUT2D eigenvalue weighted by Gasteiger charge is 2.18. The molecule has 0 atom stereocenters. The number of hydrogen-bond acceptors (Lipinski definition) is 5. The summed E-state index contributed by atoms with van der Waals surface area (Å²) in [6, 6.07) is 7.56. The number of carbonyl (C=O) groups excluding carboxylic acids is 1. The molecule has 2 N–H and O–H groups in total. The molecule has 128 valence electrons. The molecule has 1 saturated heterocycles. The van der Waals surface area contributed by atoms with E-state index >= 15 is 0 Å². The first-order chi connectivity index (χ1) is 11.5. The van der Waals surface area contributed by atoms with Crippen LogP contribution in [0.25, 0.3) is 11.3 Å². The van der Waals surface area contributed by atoms with E-state index in [1.54, 1.807) is 0 Å². The zero-order chi connectivity index (χ0) is 17.1. The van der Waals surface area contributed by atoms with Gasteiger partial charge in [0, 0.05) is 50.2 Å². The largest absolute Gasteiger partial charge is 0.326 e. The van der Waals surface area contributed by atoms with E-state index in [0.717, 1.165) is 54.5 Å². The van der Waals surface area contributed by atoms with Crippen LogP contribution in [0.15, 0.2) is 29.1 Å². The molecule has 7 heteroatoms. The lowest BCUT2D eigenvalue weighted by Gasteiger charge is -2.32. The van der Waals surface area contributed by atoms with Gasteiger partial charge in [0.15, 0.2) is 0 Å². The fourth-order valence-corrected chi connectivity index (χ4v) is 3.73. The van der Waals surface area contributed by atoms with Gasteiger partial charge in [0.2, 0.25) is 5.91 Å². The van der Waals surface area contributed by atoms with Crippen LogP contribution in [0.2, 0.25) is 0 Å². The first-order valence-electron chi connectivity index (χ1n) is 8.02. The minimum Gasteiger partial charge on any atom is -0.326 e. The zero-order valence-electron chi connectivity index (χ0n) is 14.0. The minimum absolute atomic E-state index is 0.0277. The van der Waals surface area contributed by atoms with Crippen molar-refractivity contribution in [3.8, 4) is 11.3 Å². The summed E-state index contributed by atoms with van der Waals surface area (Å²) in [7, 11) is 2.13. The fraction of sp³-hybridized carbons (Fsp3) is 0.412. The molecule has 0 radical (unpaired) electrons. The Kier molecular flexibility index (Phi) is 5.13. The number of nitrogens with zero attached hydrogens (tertiary/aromatic N) is 2. The quantitative estimate of drug-likeness (QED) is 0.886. The number of hydrogen-bond donors (Lipinski definition) is 2. The number of benzene rings is 1. The van der Waals surface area contributed by atoms with E-state index < -0.39 is 0 Å². The monoisotopic (exact) mass is 346 g/mol. The third-order valence-corrected chi connectivity index (χ3v) is 5.05. The van der Waals surface area contributed by atoms with Gasteiger partial charge in [-0.15, -0.1) is 0 Å². The molecule has 0 aliphatic carbocycles. The Morgan fingerprint density at radius 3 is 2.50 bits per heavy atom. The second kappa shape index (κ2) is 7.29. The number of rotatable bonds is 4. The number of aromatic amines is 1. The molecule has 0 bridgehead atoms. The van der Waals surface area contributed by atoms with E-state index in [1.165, 1.54) is 18.3 Å². The van der Waals surface area contributed by atoms with Gasteiger partial charge in [-0.05, 0) is 24.7 Å². The van der Waals surface area contributed by atoms with Crippen LogP contribution in [-0.4, -0.2) is 53.9 Å². The van der Waals surface area contributed by atoms with E-state index in [-0.39, 0.29) is 10.8 Å². The van der Waals surface area contributed by atoms with Crippen LogP contribution in [0.4, 0.5) is 5.69 Å². The van der Waals surface area contributed by atoms with Gasteiger partial charge in [0.1, 0.15) is 0 Å². The summed E-state index contributed by atoms with van der Waals surface area (Å²) in [6.07, 6.45) is 0. The molecule has 2 heterocycles. The van der Waals surface area contributed by atoms with Gasteiger partial charge < -0.3 is 15.2 Å². The number of thiazole rings is 1. The minimum atomic E-state index is -0.0950. The summed E-state index contributed by atoms with van der Waals surface area (Å²) >= 11 is 1.28. The predicted octanol–water partition coefficient (Wildman–Crippen LogP) is 1.81. The number of likely N-dealkylation sites (N-methyl/N-ethyl adjacent to an activating group) is 1. The van der Waals surface area contributed by atoms with Crippen LogP contribution in [0, 0.1) is 0 Å². The number of carbonyl (C=O) groups is 1. The zero-order valence-corrected chi connectivity index (χ0v) is 14.8. The summed E-state index contributed by atoms with van der Waals surface area (Å²) in [5.41, 5.74) is 2.61. The molecule has 1 aliphatic rings. The van der Waals surface area contributed by atoms with Gasteiger partial charge in [0.25, 0.3) is 0 Å². The first kappa shape index (κ1) is 16.9. The summed E-state index contributed by atoms with van der Waals surface area (Å²) in [5, 5.41) is 2.75. The third-order valence-electron chi connectivity index (χ3n) is 4.18. The molecular weight excluding hydrogens is 324 g/mol.